The van der Waals surface area contributed by atoms with E-state index in [1.165, 1.54) is 0 Å². The van der Waals surface area contributed by atoms with E-state index >= 15 is 0 Å². The summed E-state index contributed by atoms with van der Waals surface area (Å²) in [7, 11) is 0. The van der Waals surface area contributed by atoms with Crippen molar-refractivity contribution in [3.63, 3.8) is 0 Å². The zero-order valence-electron chi connectivity index (χ0n) is 8.23. The van der Waals surface area contributed by atoms with Gasteiger partial charge in [-0.2, -0.15) is 0 Å². The van der Waals surface area contributed by atoms with E-state index in [-0.39, 0.29) is 0 Å². The molecule has 0 bridgehead atoms. The molecule has 3 heteroatoms. The van der Waals surface area contributed by atoms with Gasteiger partial charge in [-0.05, 0) is 32.0 Å². The van der Waals surface area contributed by atoms with Crippen LogP contribution in [0.1, 0.15) is 11.5 Å². The Labute approximate surface area is 82.9 Å². The van der Waals surface area contributed by atoms with Gasteiger partial charge in [-0.3, -0.25) is 4.98 Å². The first-order valence-corrected chi connectivity index (χ1v) is 4.48. The molecule has 0 N–H and O–H groups in total. The van der Waals surface area contributed by atoms with Crippen LogP contribution in [0.25, 0.3) is 11.3 Å². The summed E-state index contributed by atoms with van der Waals surface area (Å²) < 4.78 is 0. The topological polar surface area (TPSA) is 38.7 Å². The van der Waals surface area contributed by atoms with Crippen molar-refractivity contribution in [2.45, 2.75) is 13.8 Å². The van der Waals surface area contributed by atoms with Gasteiger partial charge in [-0.15, -0.1) is 0 Å². The number of pyridine rings is 1. The van der Waals surface area contributed by atoms with Crippen LogP contribution >= 0.6 is 0 Å². The van der Waals surface area contributed by atoms with Crippen LogP contribution in [0.2, 0.25) is 0 Å². The maximum atomic E-state index is 4.35. The average Bonchev–Trinajstić information content (AvgIpc) is 2.18. The van der Waals surface area contributed by atoms with Crippen molar-refractivity contribution in [3.05, 3.63) is 42.1 Å². The Bertz CT molecular complexity index is 408. The van der Waals surface area contributed by atoms with Crippen LogP contribution in [-0.2, 0) is 0 Å². The number of hydrogen-bond donors (Lipinski definition) is 0. The SMILES string of the molecule is Cc1cc(-c2ccnc(C)n2)ccn1. The Balaban J connectivity index is 2.49. The monoisotopic (exact) mass is 185 g/mol. The van der Waals surface area contributed by atoms with Crippen molar-refractivity contribution in [1.82, 2.24) is 15.0 Å². The molecule has 70 valence electrons. The molecule has 0 spiro atoms. The molecule has 0 aromatic carbocycles. The first-order chi connectivity index (χ1) is 6.75. The van der Waals surface area contributed by atoms with Gasteiger partial charge in [0, 0.05) is 23.7 Å². The Kier molecular flexibility index (Phi) is 2.23. The van der Waals surface area contributed by atoms with Gasteiger partial charge < -0.3 is 0 Å². The summed E-state index contributed by atoms with van der Waals surface area (Å²) in [6.45, 7) is 3.86. The normalized spacial score (nSPS) is 10.1. The van der Waals surface area contributed by atoms with Crippen LogP contribution in [-0.4, -0.2) is 15.0 Å². The van der Waals surface area contributed by atoms with Gasteiger partial charge in [0.15, 0.2) is 0 Å². The molecule has 3 nitrogen and oxygen atoms in total. The summed E-state index contributed by atoms with van der Waals surface area (Å²) >= 11 is 0. The highest BCUT2D eigenvalue weighted by Gasteiger charge is 1.99. The van der Waals surface area contributed by atoms with Gasteiger partial charge in [0.1, 0.15) is 5.82 Å². The van der Waals surface area contributed by atoms with Crippen LogP contribution in [0.5, 0.6) is 0 Å². The van der Waals surface area contributed by atoms with E-state index in [1.54, 1.807) is 12.4 Å². The van der Waals surface area contributed by atoms with Crippen LogP contribution in [0.15, 0.2) is 30.6 Å². The zero-order chi connectivity index (χ0) is 9.97. The van der Waals surface area contributed by atoms with Crippen LogP contribution in [0, 0.1) is 13.8 Å². The Morgan fingerprint density at radius 1 is 1.00 bits per heavy atom. The molecular weight excluding hydrogens is 174 g/mol. The minimum atomic E-state index is 0.789. The largest absolute Gasteiger partial charge is 0.262 e. The lowest BCUT2D eigenvalue weighted by Crippen LogP contribution is -1.90. The lowest BCUT2D eigenvalue weighted by atomic mass is 10.1. The van der Waals surface area contributed by atoms with E-state index in [2.05, 4.69) is 15.0 Å². The van der Waals surface area contributed by atoms with Crippen molar-refractivity contribution in [2.24, 2.45) is 0 Å². The number of rotatable bonds is 1. The van der Waals surface area contributed by atoms with Crippen LogP contribution < -0.4 is 0 Å². The first kappa shape index (κ1) is 8.81. The highest BCUT2D eigenvalue weighted by molar-refractivity contribution is 5.58. The number of aryl methyl sites for hydroxylation is 2. The molecule has 0 saturated heterocycles. The van der Waals surface area contributed by atoms with Gasteiger partial charge in [0.05, 0.1) is 5.69 Å². The fourth-order valence-electron chi connectivity index (χ4n) is 1.32. The lowest BCUT2D eigenvalue weighted by Gasteiger charge is -2.01. The molecule has 0 radical (unpaired) electrons. The minimum Gasteiger partial charge on any atom is -0.262 e. The zero-order valence-corrected chi connectivity index (χ0v) is 8.23. The molecule has 0 saturated carbocycles. The van der Waals surface area contributed by atoms with E-state index in [0.29, 0.717) is 0 Å². The molecule has 2 heterocycles. The third-order valence-corrected chi connectivity index (χ3v) is 1.97. The van der Waals surface area contributed by atoms with Crippen molar-refractivity contribution in [2.75, 3.05) is 0 Å². The van der Waals surface area contributed by atoms with E-state index in [9.17, 15) is 0 Å². The molecule has 2 aromatic rings. The highest BCUT2D eigenvalue weighted by atomic mass is 14.9. The predicted molar refractivity (Wildman–Crippen MR) is 54.7 cm³/mol. The second-order valence-corrected chi connectivity index (χ2v) is 3.17. The highest BCUT2D eigenvalue weighted by Crippen LogP contribution is 2.15. The van der Waals surface area contributed by atoms with E-state index < -0.39 is 0 Å². The smallest absolute Gasteiger partial charge is 0.125 e. The van der Waals surface area contributed by atoms with E-state index in [4.69, 9.17) is 0 Å². The van der Waals surface area contributed by atoms with Crippen molar-refractivity contribution >= 4 is 0 Å². The molecule has 0 aliphatic heterocycles. The quantitative estimate of drug-likeness (QED) is 0.683. The van der Waals surface area contributed by atoms with Crippen LogP contribution in [0.3, 0.4) is 0 Å². The number of aromatic nitrogens is 3. The fraction of sp³-hybridized carbons (Fsp3) is 0.182. The Morgan fingerprint density at radius 2 is 1.79 bits per heavy atom. The molecule has 0 amide bonds. The average molecular weight is 185 g/mol. The van der Waals surface area contributed by atoms with Gasteiger partial charge in [-0.1, -0.05) is 0 Å². The molecule has 2 rings (SSSR count). The summed E-state index contributed by atoms with van der Waals surface area (Å²) in [6.07, 6.45) is 3.57. The third-order valence-electron chi connectivity index (χ3n) is 1.97. The molecule has 0 fully saturated rings. The lowest BCUT2D eigenvalue weighted by molar-refractivity contribution is 1.06. The molecule has 0 aliphatic carbocycles. The predicted octanol–water partition coefficient (Wildman–Crippen LogP) is 2.16. The molecule has 0 atom stereocenters. The van der Waals surface area contributed by atoms with Gasteiger partial charge >= 0.3 is 0 Å². The Morgan fingerprint density at radius 3 is 2.50 bits per heavy atom. The van der Waals surface area contributed by atoms with Gasteiger partial charge in [0.25, 0.3) is 0 Å². The van der Waals surface area contributed by atoms with Crippen LogP contribution in [0.4, 0.5) is 0 Å². The van der Waals surface area contributed by atoms with Crippen molar-refractivity contribution in [1.29, 1.82) is 0 Å². The summed E-state index contributed by atoms with van der Waals surface area (Å²) in [4.78, 5) is 12.6. The second kappa shape index (κ2) is 3.54. The molecule has 14 heavy (non-hydrogen) atoms. The standard InChI is InChI=1S/C11H11N3/c1-8-7-10(3-5-12-8)11-4-6-13-9(2)14-11/h3-7H,1-2H3. The molecule has 0 unspecified atom stereocenters. The number of hydrogen-bond acceptors (Lipinski definition) is 3. The summed E-state index contributed by atoms with van der Waals surface area (Å²) in [5.41, 5.74) is 3.03. The third kappa shape index (κ3) is 1.76. The van der Waals surface area contributed by atoms with Crippen molar-refractivity contribution in [3.8, 4) is 11.3 Å². The summed E-state index contributed by atoms with van der Waals surface area (Å²) in [6, 6.07) is 5.87. The molecular formula is C11H11N3. The van der Waals surface area contributed by atoms with Crippen molar-refractivity contribution < 1.29 is 0 Å². The minimum absolute atomic E-state index is 0.789. The summed E-state index contributed by atoms with van der Waals surface area (Å²) in [5.74, 6) is 0.789. The van der Waals surface area contributed by atoms with E-state index in [0.717, 1.165) is 22.8 Å². The molecule has 0 aliphatic rings. The fourth-order valence-corrected chi connectivity index (χ4v) is 1.32. The summed E-state index contributed by atoms with van der Waals surface area (Å²) in [5, 5.41) is 0. The van der Waals surface area contributed by atoms with Gasteiger partial charge in [0.2, 0.25) is 0 Å². The molecule has 2 aromatic heterocycles. The van der Waals surface area contributed by atoms with E-state index in [1.807, 2.05) is 32.0 Å². The number of nitrogens with zero attached hydrogens (tertiary/aromatic N) is 3. The first-order valence-electron chi connectivity index (χ1n) is 4.48. The maximum Gasteiger partial charge on any atom is 0.125 e. The maximum absolute atomic E-state index is 4.35. The van der Waals surface area contributed by atoms with Gasteiger partial charge in [-0.25, -0.2) is 9.97 Å². The Hall–Kier alpha value is -1.77. The second-order valence-electron chi connectivity index (χ2n) is 3.17.